The van der Waals surface area contributed by atoms with E-state index in [9.17, 15) is 4.79 Å². The summed E-state index contributed by atoms with van der Waals surface area (Å²) in [5, 5.41) is 4.18. The van der Waals surface area contributed by atoms with Gasteiger partial charge < -0.3 is 15.8 Å². The van der Waals surface area contributed by atoms with E-state index in [0.717, 1.165) is 35.8 Å². The average Bonchev–Trinajstić information content (AvgIpc) is 3.18. The van der Waals surface area contributed by atoms with Crippen LogP contribution in [0.4, 0.5) is 0 Å². The second-order valence-corrected chi connectivity index (χ2v) is 6.51. The summed E-state index contributed by atoms with van der Waals surface area (Å²) >= 11 is 1.35. The van der Waals surface area contributed by atoms with E-state index in [1.165, 1.54) is 11.3 Å². The Morgan fingerprint density at radius 1 is 1.45 bits per heavy atom. The summed E-state index contributed by atoms with van der Waals surface area (Å²) in [6.45, 7) is 4.00. The van der Waals surface area contributed by atoms with Gasteiger partial charge in [-0.3, -0.25) is 4.79 Å². The average molecular weight is 317 g/mol. The van der Waals surface area contributed by atoms with Gasteiger partial charge in [0.1, 0.15) is 21.7 Å². The predicted molar refractivity (Wildman–Crippen MR) is 86.5 cm³/mol. The number of nitrogens with one attached hydrogen (secondary N) is 1. The molecule has 0 spiro atoms. The number of benzene rings is 1. The Morgan fingerprint density at radius 2 is 2.23 bits per heavy atom. The summed E-state index contributed by atoms with van der Waals surface area (Å²) in [5.74, 6) is 0.590. The molecule has 1 aromatic heterocycles. The van der Waals surface area contributed by atoms with Gasteiger partial charge in [-0.25, -0.2) is 4.98 Å². The van der Waals surface area contributed by atoms with E-state index in [4.69, 9.17) is 10.5 Å². The van der Waals surface area contributed by atoms with Crippen LogP contribution in [0.5, 0.6) is 5.75 Å². The second kappa shape index (κ2) is 6.46. The van der Waals surface area contributed by atoms with E-state index >= 15 is 0 Å². The first-order chi connectivity index (χ1) is 10.6. The van der Waals surface area contributed by atoms with E-state index in [1.54, 1.807) is 6.20 Å². The third-order valence-electron chi connectivity index (χ3n) is 3.83. The van der Waals surface area contributed by atoms with Crippen LogP contribution in [0.1, 0.15) is 39.5 Å². The van der Waals surface area contributed by atoms with Gasteiger partial charge in [-0.2, -0.15) is 0 Å². The zero-order valence-corrected chi connectivity index (χ0v) is 13.2. The molecule has 22 heavy (non-hydrogen) atoms. The number of ether oxygens (including phenoxy) is 1. The Balaban J connectivity index is 1.69. The SMILES string of the molecule is C[C@@H](c1ccc(O[C@@H]2CCNC2)cc1)c1ncc(C(N)=O)s1. The Labute approximate surface area is 133 Å². The maximum atomic E-state index is 11.2. The molecule has 116 valence electrons. The molecule has 0 aliphatic carbocycles. The zero-order chi connectivity index (χ0) is 15.5. The lowest BCUT2D eigenvalue weighted by Crippen LogP contribution is -2.19. The highest BCUT2D eigenvalue weighted by molar-refractivity contribution is 7.13. The Hall–Kier alpha value is -1.92. The smallest absolute Gasteiger partial charge is 0.260 e. The van der Waals surface area contributed by atoms with Crippen LogP contribution < -0.4 is 15.8 Å². The fourth-order valence-electron chi connectivity index (χ4n) is 2.50. The van der Waals surface area contributed by atoms with E-state index in [-0.39, 0.29) is 12.0 Å². The quantitative estimate of drug-likeness (QED) is 0.885. The fraction of sp³-hybridized carbons (Fsp3) is 0.375. The van der Waals surface area contributed by atoms with Crippen molar-refractivity contribution in [3.05, 3.63) is 45.9 Å². The predicted octanol–water partition coefficient (Wildman–Crippen LogP) is 2.13. The van der Waals surface area contributed by atoms with Gasteiger partial charge in [-0.05, 0) is 30.7 Å². The van der Waals surface area contributed by atoms with E-state index in [2.05, 4.69) is 17.2 Å². The summed E-state index contributed by atoms with van der Waals surface area (Å²) < 4.78 is 5.91. The van der Waals surface area contributed by atoms with Crippen molar-refractivity contribution >= 4 is 17.2 Å². The topological polar surface area (TPSA) is 77.2 Å². The third-order valence-corrected chi connectivity index (χ3v) is 5.03. The molecule has 6 heteroatoms. The third kappa shape index (κ3) is 3.28. The second-order valence-electron chi connectivity index (χ2n) is 5.45. The molecule has 1 aliphatic heterocycles. The first kappa shape index (κ1) is 15.0. The number of thiazole rings is 1. The van der Waals surface area contributed by atoms with Gasteiger partial charge in [0.2, 0.25) is 0 Å². The fourth-order valence-corrected chi connectivity index (χ4v) is 3.35. The first-order valence-corrected chi connectivity index (χ1v) is 8.18. The number of amides is 1. The minimum Gasteiger partial charge on any atom is -0.489 e. The summed E-state index contributed by atoms with van der Waals surface area (Å²) in [6, 6.07) is 8.08. The van der Waals surface area contributed by atoms with Crippen molar-refractivity contribution in [2.75, 3.05) is 13.1 Å². The summed E-state index contributed by atoms with van der Waals surface area (Å²) in [6.07, 6.45) is 2.86. The molecular formula is C16H19N3O2S. The molecule has 0 saturated carbocycles. The number of carbonyl (C=O) groups is 1. The monoisotopic (exact) mass is 317 g/mol. The number of hydrogen-bond donors (Lipinski definition) is 2. The van der Waals surface area contributed by atoms with Crippen LogP contribution in [0.2, 0.25) is 0 Å². The van der Waals surface area contributed by atoms with Crippen molar-refractivity contribution in [1.29, 1.82) is 0 Å². The van der Waals surface area contributed by atoms with Gasteiger partial charge in [0.05, 0.1) is 6.20 Å². The molecule has 2 heterocycles. The highest BCUT2D eigenvalue weighted by atomic mass is 32.1. The number of hydrogen-bond acceptors (Lipinski definition) is 5. The van der Waals surface area contributed by atoms with E-state index in [1.807, 2.05) is 24.3 Å². The minimum atomic E-state index is -0.426. The van der Waals surface area contributed by atoms with Crippen molar-refractivity contribution in [2.45, 2.75) is 25.4 Å². The van der Waals surface area contributed by atoms with Crippen LogP contribution in [0.15, 0.2) is 30.5 Å². The van der Waals surface area contributed by atoms with Crippen molar-refractivity contribution in [3.8, 4) is 5.75 Å². The maximum Gasteiger partial charge on any atom is 0.260 e. The number of nitrogens with two attached hydrogens (primary N) is 1. The lowest BCUT2D eigenvalue weighted by molar-refractivity contribution is 0.100. The van der Waals surface area contributed by atoms with Crippen LogP contribution >= 0.6 is 11.3 Å². The van der Waals surface area contributed by atoms with Gasteiger partial charge >= 0.3 is 0 Å². The number of nitrogens with zero attached hydrogens (tertiary/aromatic N) is 1. The molecular weight excluding hydrogens is 298 g/mol. The largest absolute Gasteiger partial charge is 0.489 e. The molecule has 2 aromatic rings. The molecule has 1 fully saturated rings. The number of rotatable bonds is 5. The van der Waals surface area contributed by atoms with Crippen LogP contribution in [0.3, 0.4) is 0 Å². The van der Waals surface area contributed by atoms with Gasteiger partial charge in [-0.15, -0.1) is 11.3 Å². The number of carbonyl (C=O) groups excluding carboxylic acids is 1. The highest BCUT2D eigenvalue weighted by Crippen LogP contribution is 2.29. The standard InChI is InChI=1S/C16H19N3O2S/c1-10(16-19-9-14(22-16)15(17)20)11-2-4-12(5-3-11)21-13-6-7-18-8-13/h2-5,9-10,13,18H,6-8H2,1H3,(H2,17,20)/t10-,13+/m0/s1. The zero-order valence-electron chi connectivity index (χ0n) is 12.4. The van der Waals surface area contributed by atoms with Crippen LogP contribution in [-0.2, 0) is 0 Å². The Kier molecular flexibility index (Phi) is 4.40. The normalized spacial score (nSPS) is 19.0. The number of primary amides is 1. The van der Waals surface area contributed by atoms with Crippen molar-refractivity contribution in [1.82, 2.24) is 10.3 Å². The molecule has 1 amide bonds. The van der Waals surface area contributed by atoms with Crippen molar-refractivity contribution < 1.29 is 9.53 Å². The lowest BCUT2D eigenvalue weighted by atomic mass is 10.0. The number of aromatic nitrogens is 1. The Morgan fingerprint density at radius 3 is 2.82 bits per heavy atom. The molecule has 1 aliphatic rings. The van der Waals surface area contributed by atoms with Gasteiger partial charge in [0.15, 0.2) is 0 Å². The van der Waals surface area contributed by atoms with Crippen LogP contribution in [0.25, 0.3) is 0 Å². The van der Waals surface area contributed by atoms with Crippen LogP contribution in [-0.4, -0.2) is 30.1 Å². The summed E-state index contributed by atoms with van der Waals surface area (Å²) in [4.78, 5) is 15.9. The lowest BCUT2D eigenvalue weighted by Gasteiger charge is -2.14. The molecule has 3 rings (SSSR count). The van der Waals surface area contributed by atoms with Gasteiger partial charge in [0, 0.05) is 12.5 Å². The van der Waals surface area contributed by atoms with E-state index < -0.39 is 5.91 Å². The molecule has 1 saturated heterocycles. The van der Waals surface area contributed by atoms with Crippen molar-refractivity contribution in [2.24, 2.45) is 5.73 Å². The molecule has 0 unspecified atom stereocenters. The molecule has 0 bridgehead atoms. The molecule has 0 radical (unpaired) electrons. The minimum absolute atomic E-state index is 0.125. The van der Waals surface area contributed by atoms with Crippen molar-refractivity contribution in [3.63, 3.8) is 0 Å². The molecule has 2 atom stereocenters. The molecule has 5 nitrogen and oxygen atoms in total. The Bertz CT molecular complexity index is 648. The molecule has 1 aromatic carbocycles. The maximum absolute atomic E-state index is 11.2. The van der Waals surface area contributed by atoms with Crippen LogP contribution in [0, 0.1) is 0 Å². The molecule has 3 N–H and O–H groups in total. The van der Waals surface area contributed by atoms with Gasteiger partial charge in [0.25, 0.3) is 5.91 Å². The first-order valence-electron chi connectivity index (χ1n) is 7.36. The summed E-state index contributed by atoms with van der Waals surface area (Å²) in [7, 11) is 0. The summed E-state index contributed by atoms with van der Waals surface area (Å²) in [5.41, 5.74) is 6.41. The van der Waals surface area contributed by atoms with E-state index in [0.29, 0.717) is 4.88 Å². The van der Waals surface area contributed by atoms with Gasteiger partial charge in [-0.1, -0.05) is 19.1 Å². The highest BCUT2D eigenvalue weighted by Gasteiger charge is 2.17.